The fourth-order valence-electron chi connectivity index (χ4n) is 2.16. The third kappa shape index (κ3) is 2.82. The third-order valence-electron chi connectivity index (χ3n) is 3.05. The Bertz CT molecular complexity index is 487. The Morgan fingerprint density at radius 1 is 1.39 bits per heavy atom. The van der Waals surface area contributed by atoms with E-state index in [4.69, 9.17) is 0 Å². The van der Waals surface area contributed by atoms with Crippen LogP contribution >= 0.6 is 11.3 Å². The molecule has 2 aromatic rings. The van der Waals surface area contributed by atoms with Crippen LogP contribution < -0.4 is 5.32 Å². The molecule has 18 heavy (non-hydrogen) atoms. The van der Waals surface area contributed by atoms with Gasteiger partial charge in [-0.25, -0.2) is 0 Å². The maximum Gasteiger partial charge on any atom is 0.0618 e. The minimum atomic E-state index is 0.270. The van der Waals surface area contributed by atoms with Gasteiger partial charge >= 0.3 is 0 Å². The summed E-state index contributed by atoms with van der Waals surface area (Å²) in [6.07, 6.45) is 5.26. The minimum absolute atomic E-state index is 0.270. The molecule has 1 atom stereocenters. The number of hydrogen-bond acceptors (Lipinski definition) is 3. The smallest absolute Gasteiger partial charge is 0.0618 e. The van der Waals surface area contributed by atoms with Gasteiger partial charge in [-0.15, -0.1) is 0 Å². The fourth-order valence-corrected chi connectivity index (χ4v) is 3.03. The van der Waals surface area contributed by atoms with E-state index in [1.54, 1.807) is 11.3 Å². The molecule has 2 rings (SSSR count). The van der Waals surface area contributed by atoms with Crippen LogP contribution in [0, 0.1) is 6.92 Å². The van der Waals surface area contributed by atoms with E-state index in [2.05, 4.69) is 48.1 Å². The second-order valence-electron chi connectivity index (χ2n) is 4.54. The van der Waals surface area contributed by atoms with Crippen LogP contribution in [0.4, 0.5) is 0 Å². The molecule has 2 heterocycles. The van der Waals surface area contributed by atoms with Crippen molar-refractivity contribution in [2.45, 2.75) is 39.8 Å². The zero-order chi connectivity index (χ0) is 13.0. The van der Waals surface area contributed by atoms with Crippen LogP contribution in [0.5, 0.6) is 0 Å². The first-order chi connectivity index (χ1) is 8.76. The summed E-state index contributed by atoms with van der Waals surface area (Å²) in [5.74, 6) is 0. The predicted octanol–water partition coefficient (Wildman–Crippen LogP) is 3.36. The summed E-state index contributed by atoms with van der Waals surface area (Å²) in [4.78, 5) is 0. The lowest BCUT2D eigenvalue weighted by molar-refractivity contribution is 0.597. The minimum Gasteiger partial charge on any atom is -0.306 e. The Balaban J connectivity index is 2.26. The van der Waals surface area contributed by atoms with Crippen LogP contribution in [0.15, 0.2) is 23.2 Å². The van der Waals surface area contributed by atoms with Crippen LogP contribution in [0.25, 0.3) is 0 Å². The molecule has 0 saturated carbocycles. The maximum atomic E-state index is 4.43. The highest BCUT2D eigenvalue weighted by Gasteiger charge is 2.17. The number of aryl methyl sites for hydroxylation is 2. The number of rotatable bonds is 6. The van der Waals surface area contributed by atoms with E-state index in [1.807, 2.05) is 10.9 Å². The van der Waals surface area contributed by atoms with Crippen molar-refractivity contribution >= 4 is 11.3 Å². The first kappa shape index (κ1) is 13.3. The van der Waals surface area contributed by atoms with E-state index in [0.29, 0.717) is 0 Å². The average molecular weight is 263 g/mol. The second kappa shape index (κ2) is 6.16. The summed E-state index contributed by atoms with van der Waals surface area (Å²) >= 11 is 1.76. The molecule has 98 valence electrons. The van der Waals surface area contributed by atoms with Gasteiger partial charge in [0.25, 0.3) is 0 Å². The van der Waals surface area contributed by atoms with Gasteiger partial charge in [0.2, 0.25) is 0 Å². The monoisotopic (exact) mass is 263 g/mol. The van der Waals surface area contributed by atoms with E-state index in [0.717, 1.165) is 19.5 Å². The van der Waals surface area contributed by atoms with Crippen molar-refractivity contribution in [3.63, 3.8) is 0 Å². The molecule has 0 aliphatic rings. The molecular weight excluding hydrogens is 242 g/mol. The second-order valence-corrected chi connectivity index (χ2v) is 5.28. The highest BCUT2D eigenvalue weighted by atomic mass is 32.1. The Hall–Kier alpha value is -1.13. The number of nitrogens with zero attached hydrogens (tertiary/aromatic N) is 2. The molecule has 4 heteroatoms. The molecule has 0 aromatic carbocycles. The van der Waals surface area contributed by atoms with Gasteiger partial charge in [-0.05, 0) is 41.8 Å². The fraction of sp³-hybridized carbons (Fsp3) is 0.500. The highest BCUT2D eigenvalue weighted by Crippen LogP contribution is 2.27. The van der Waals surface area contributed by atoms with Crippen molar-refractivity contribution in [2.24, 2.45) is 0 Å². The van der Waals surface area contributed by atoms with Crippen LogP contribution in [0.2, 0.25) is 0 Å². The van der Waals surface area contributed by atoms with Crippen molar-refractivity contribution in [3.05, 3.63) is 39.8 Å². The van der Waals surface area contributed by atoms with Gasteiger partial charge < -0.3 is 5.32 Å². The quantitative estimate of drug-likeness (QED) is 0.866. The molecule has 0 bridgehead atoms. The number of thiophene rings is 1. The summed E-state index contributed by atoms with van der Waals surface area (Å²) in [6.45, 7) is 8.43. The Morgan fingerprint density at radius 2 is 2.22 bits per heavy atom. The summed E-state index contributed by atoms with van der Waals surface area (Å²) in [5.41, 5.74) is 3.99. The summed E-state index contributed by atoms with van der Waals surface area (Å²) in [5, 5.41) is 12.4. The van der Waals surface area contributed by atoms with E-state index in [-0.39, 0.29) is 6.04 Å². The SMILES string of the molecule is CCCn1cc(C(NCC)c2cscc2C)cn1. The lowest BCUT2D eigenvalue weighted by Gasteiger charge is -2.16. The zero-order valence-corrected chi connectivity index (χ0v) is 12.1. The molecule has 0 aliphatic carbocycles. The molecule has 3 nitrogen and oxygen atoms in total. The van der Waals surface area contributed by atoms with Crippen molar-refractivity contribution in [3.8, 4) is 0 Å². The van der Waals surface area contributed by atoms with E-state index >= 15 is 0 Å². The largest absolute Gasteiger partial charge is 0.306 e. The van der Waals surface area contributed by atoms with Crippen LogP contribution in [-0.4, -0.2) is 16.3 Å². The zero-order valence-electron chi connectivity index (χ0n) is 11.3. The number of nitrogens with one attached hydrogen (secondary N) is 1. The molecule has 0 radical (unpaired) electrons. The number of aromatic nitrogens is 2. The summed E-state index contributed by atoms with van der Waals surface area (Å²) < 4.78 is 2.03. The van der Waals surface area contributed by atoms with Gasteiger partial charge in [-0.2, -0.15) is 16.4 Å². The van der Waals surface area contributed by atoms with Crippen molar-refractivity contribution in [1.29, 1.82) is 0 Å². The lowest BCUT2D eigenvalue weighted by atomic mass is 10.0. The molecule has 1 unspecified atom stereocenters. The van der Waals surface area contributed by atoms with E-state index in [1.165, 1.54) is 16.7 Å². The molecule has 0 fully saturated rings. The Morgan fingerprint density at radius 3 is 2.83 bits per heavy atom. The average Bonchev–Trinajstić information content (AvgIpc) is 2.96. The molecule has 1 N–H and O–H groups in total. The standard InChI is InChI=1S/C14H21N3S/c1-4-6-17-8-12(7-16-17)14(15-5-2)13-10-18-9-11(13)3/h7-10,14-15H,4-6H2,1-3H3. The van der Waals surface area contributed by atoms with E-state index < -0.39 is 0 Å². The molecule has 2 aromatic heterocycles. The normalized spacial score (nSPS) is 12.8. The molecule has 0 aliphatic heterocycles. The number of hydrogen-bond donors (Lipinski definition) is 1. The van der Waals surface area contributed by atoms with Gasteiger partial charge in [0.1, 0.15) is 0 Å². The van der Waals surface area contributed by atoms with Gasteiger partial charge in [-0.3, -0.25) is 4.68 Å². The molecule has 0 saturated heterocycles. The molecule has 0 amide bonds. The maximum absolute atomic E-state index is 4.43. The van der Waals surface area contributed by atoms with Gasteiger partial charge in [0, 0.05) is 18.3 Å². The topological polar surface area (TPSA) is 29.9 Å². The first-order valence-corrected chi connectivity index (χ1v) is 7.49. The molecular formula is C14H21N3S. The van der Waals surface area contributed by atoms with Gasteiger partial charge in [0.15, 0.2) is 0 Å². The lowest BCUT2D eigenvalue weighted by Crippen LogP contribution is -2.21. The highest BCUT2D eigenvalue weighted by molar-refractivity contribution is 7.08. The van der Waals surface area contributed by atoms with Crippen LogP contribution in [0.3, 0.4) is 0 Å². The summed E-state index contributed by atoms with van der Waals surface area (Å²) in [6, 6.07) is 0.270. The molecule has 0 spiro atoms. The first-order valence-electron chi connectivity index (χ1n) is 6.54. The van der Waals surface area contributed by atoms with Gasteiger partial charge in [-0.1, -0.05) is 13.8 Å². The van der Waals surface area contributed by atoms with Crippen LogP contribution in [0.1, 0.15) is 43.0 Å². The van der Waals surface area contributed by atoms with E-state index in [9.17, 15) is 0 Å². The third-order valence-corrected chi connectivity index (χ3v) is 3.93. The van der Waals surface area contributed by atoms with Crippen molar-refractivity contribution in [1.82, 2.24) is 15.1 Å². The Kier molecular flexibility index (Phi) is 4.55. The Labute approximate surface area is 113 Å². The van der Waals surface area contributed by atoms with Crippen LogP contribution in [-0.2, 0) is 6.54 Å². The summed E-state index contributed by atoms with van der Waals surface area (Å²) in [7, 11) is 0. The van der Waals surface area contributed by atoms with Crippen molar-refractivity contribution < 1.29 is 0 Å². The predicted molar refractivity (Wildman–Crippen MR) is 77.1 cm³/mol. The van der Waals surface area contributed by atoms with Crippen molar-refractivity contribution in [2.75, 3.05) is 6.54 Å². The van der Waals surface area contributed by atoms with Gasteiger partial charge in [0.05, 0.1) is 12.2 Å².